The van der Waals surface area contributed by atoms with Gasteiger partial charge in [0.15, 0.2) is 12.1 Å². The van der Waals surface area contributed by atoms with Crippen LogP contribution in [-0.2, 0) is 6.42 Å². The van der Waals surface area contributed by atoms with E-state index in [1.54, 1.807) is 0 Å². The quantitative estimate of drug-likeness (QED) is 0.722. The largest absolute Gasteiger partial charge is 0.396 e. The van der Waals surface area contributed by atoms with Crippen LogP contribution in [0.3, 0.4) is 0 Å². The first-order chi connectivity index (χ1) is 6.19. The molecule has 1 aromatic rings. The molecule has 0 aliphatic heterocycles. The summed E-state index contributed by atoms with van der Waals surface area (Å²) < 4.78 is 13.2. The van der Waals surface area contributed by atoms with Crippen molar-refractivity contribution in [3.63, 3.8) is 0 Å². The molecule has 0 aliphatic rings. The van der Waals surface area contributed by atoms with E-state index in [0.29, 0.717) is 12.7 Å². The van der Waals surface area contributed by atoms with Gasteiger partial charge in [-0.3, -0.25) is 4.79 Å². The van der Waals surface area contributed by atoms with Crippen molar-refractivity contribution in [3.8, 4) is 0 Å². The third-order valence-corrected chi connectivity index (χ3v) is 1.68. The van der Waals surface area contributed by atoms with Crippen molar-refractivity contribution in [2.45, 2.75) is 19.8 Å². The molecule has 1 heterocycles. The Hall–Kier alpha value is -1.45. The van der Waals surface area contributed by atoms with E-state index < -0.39 is 5.82 Å². The smallest absolute Gasteiger partial charge is 0.168 e. The molecule has 3 nitrogen and oxygen atoms in total. The van der Waals surface area contributed by atoms with Gasteiger partial charge in [0, 0.05) is 0 Å². The fourth-order valence-corrected chi connectivity index (χ4v) is 1.09. The first kappa shape index (κ1) is 9.64. The molecule has 0 amide bonds. The summed E-state index contributed by atoms with van der Waals surface area (Å²) in [6.07, 6.45) is 1.83. The third kappa shape index (κ3) is 2.02. The fraction of sp³-hybridized carbons (Fsp3) is 0.333. The zero-order chi connectivity index (χ0) is 9.84. The summed E-state index contributed by atoms with van der Waals surface area (Å²) in [6.45, 7) is 1.91. The van der Waals surface area contributed by atoms with Crippen LogP contribution in [0.2, 0.25) is 0 Å². The van der Waals surface area contributed by atoms with Crippen LogP contribution in [0.25, 0.3) is 0 Å². The number of nitrogens with zero attached hydrogens (tertiary/aromatic N) is 1. The van der Waals surface area contributed by atoms with Gasteiger partial charge in [-0.15, -0.1) is 0 Å². The van der Waals surface area contributed by atoms with E-state index in [4.69, 9.17) is 5.73 Å². The van der Waals surface area contributed by atoms with Gasteiger partial charge in [-0.2, -0.15) is 0 Å². The Balaban J connectivity index is 3.16. The van der Waals surface area contributed by atoms with Crippen LogP contribution >= 0.6 is 0 Å². The highest BCUT2D eigenvalue weighted by Crippen LogP contribution is 2.15. The molecule has 0 saturated heterocycles. The minimum atomic E-state index is -0.507. The summed E-state index contributed by atoms with van der Waals surface area (Å²) >= 11 is 0. The third-order valence-electron chi connectivity index (χ3n) is 1.68. The Labute approximate surface area is 75.8 Å². The number of hydrogen-bond donors (Lipinski definition) is 1. The Kier molecular flexibility index (Phi) is 2.95. The number of aryl methyl sites for hydroxylation is 1. The summed E-state index contributed by atoms with van der Waals surface area (Å²) in [7, 11) is 0. The van der Waals surface area contributed by atoms with Crippen LogP contribution in [-0.4, -0.2) is 11.3 Å². The molecule has 0 bridgehead atoms. The number of nitrogen functional groups attached to an aromatic ring is 1. The van der Waals surface area contributed by atoms with Crippen molar-refractivity contribution in [1.29, 1.82) is 0 Å². The Morgan fingerprint density at radius 2 is 2.38 bits per heavy atom. The van der Waals surface area contributed by atoms with Crippen molar-refractivity contribution in [3.05, 3.63) is 23.3 Å². The summed E-state index contributed by atoms with van der Waals surface area (Å²) in [4.78, 5) is 14.2. The summed E-state index contributed by atoms with van der Waals surface area (Å²) in [5.74, 6) is -0.507. The Bertz CT molecular complexity index is 326. The molecule has 0 radical (unpaired) electrons. The van der Waals surface area contributed by atoms with E-state index in [1.807, 2.05) is 6.92 Å². The van der Waals surface area contributed by atoms with Crippen molar-refractivity contribution in [2.75, 3.05) is 5.73 Å². The van der Waals surface area contributed by atoms with Gasteiger partial charge in [-0.25, -0.2) is 9.37 Å². The molecule has 0 unspecified atom stereocenters. The number of carbonyl (C=O) groups excluding carboxylic acids is 1. The van der Waals surface area contributed by atoms with E-state index in [0.717, 1.165) is 6.42 Å². The van der Waals surface area contributed by atoms with E-state index >= 15 is 0 Å². The average Bonchev–Trinajstić information content (AvgIpc) is 2.13. The topological polar surface area (TPSA) is 56.0 Å². The minimum Gasteiger partial charge on any atom is -0.396 e. The SMILES string of the molecule is CCCc1nc(C=O)cc(N)c1F. The molecule has 0 fully saturated rings. The number of pyridine rings is 1. The molecular formula is C9H11FN2O. The van der Waals surface area contributed by atoms with Crippen LogP contribution in [0.5, 0.6) is 0 Å². The molecule has 0 atom stereocenters. The van der Waals surface area contributed by atoms with Gasteiger partial charge >= 0.3 is 0 Å². The molecule has 0 saturated carbocycles. The maximum atomic E-state index is 13.2. The number of nitrogens with two attached hydrogens (primary N) is 1. The first-order valence-electron chi connectivity index (χ1n) is 4.09. The standard InChI is InChI=1S/C9H11FN2O/c1-2-3-8-9(10)7(11)4-6(5-13)12-8/h4-5H,2-3H2,1H3,(H2,11,12). The molecule has 0 aromatic carbocycles. The minimum absolute atomic E-state index is 0.0134. The highest BCUT2D eigenvalue weighted by Gasteiger charge is 2.08. The number of carbonyl (C=O) groups is 1. The van der Waals surface area contributed by atoms with Gasteiger partial charge in [0.25, 0.3) is 0 Å². The van der Waals surface area contributed by atoms with Crippen LogP contribution in [0.15, 0.2) is 6.07 Å². The molecule has 2 N–H and O–H groups in total. The predicted molar refractivity (Wildman–Crippen MR) is 48.0 cm³/mol. The second-order valence-corrected chi connectivity index (χ2v) is 2.76. The van der Waals surface area contributed by atoms with E-state index in [1.165, 1.54) is 6.07 Å². The van der Waals surface area contributed by atoms with E-state index in [9.17, 15) is 9.18 Å². The highest BCUT2D eigenvalue weighted by atomic mass is 19.1. The maximum absolute atomic E-state index is 13.2. The summed E-state index contributed by atoms with van der Waals surface area (Å²) in [5.41, 5.74) is 5.79. The monoisotopic (exact) mass is 182 g/mol. The van der Waals surface area contributed by atoms with Crippen molar-refractivity contribution in [2.24, 2.45) is 0 Å². The zero-order valence-electron chi connectivity index (χ0n) is 7.38. The number of anilines is 1. The van der Waals surface area contributed by atoms with Gasteiger partial charge in [-0.05, 0) is 12.5 Å². The molecule has 1 rings (SSSR count). The second-order valence-electron chi connectivity index (χ2n) is 2.76. The normalized spacial score (nSPS) is 10.0. The lowest BCUT2D eigenvalue weighted by Crippen LogP contribution is -2.03. The van der Waals surface area contributed by atoms with Gasteiger partial charge in [-0.1, -0.05) is 13.3 Å². The number of hydrogen-bond acceptors (Lipinski definition) is 3. The zero-order valence-corrected chi connectivity index (χ0v) is 7.38. The van der Waals surface area contributed by atoms with Gasteiger partial charge in [0.2, 0.25) is 0 Å². The lowest BCUT2D eigenvalue weighted by Gasteiger charge is -2.03. The Morgan fingerprint density at radius 3 is 2.92 bits per heavy atom. The fourth-order valence-electron chi connectivity index (χ4n) is 1.09. The van der Waals surface area contributed by atoms with Crippen LogP contribution in [0.1, 0.15) is 29.5 Å². The van der Waals surface area contributed by atoms with Crippen molar-refractivity contribution in [1.82, 2.24) is 4.98 Å². The van der Waals surface area contributed by atoms with Gasteiger partial charge in [0.05, 0.1) is 11.4 Å². The lowest BCUT2D eigenvalue weighted by atomic mass is 10.2. The molecular weight excluding hydrogens is 171 g/mol. The number of aldehydes is 1. The maximum Gasteiger partial charge on any atom is 0.168 e. The molecule has 4 heteroatoms. The molecule has 0 aliphatic carbocycles. The average molecular weight is 182 g/mol. The first-order valence-corrected chi connectivity index (χ1v) is 4.09. The van der Waals surface area contributed by atoms with Crippen molar-refractivity contribution < 1.29 is 9.18 Å². The summed E-state index contributed by atoms with van der Waals surface area (Å²) in [6, 6.07) is 1.24. The lowest BCUT2D eigenvalue weighted by molar-refractivity contribution is 0.111. The van der Waals surface area contributed by atoms with Crippen LogP contribution in [0, 0.1) is 5.82 Å². The van der Waals surface area contributed by atoms with E-state index in [-0.39, 0.29) is 17.1 Å². The number of aromatic nitrogens is 1. The summed E-state index contributed by atoms with van der Waals surface area (Å²) in [5, 5.41) is 0. The van der Waals surface area contributed by atoms with Crippen molar-refractivity contribution >= 4 is 12.0 Å². The second kappa shape index (κ2) is 3.98. The highest BCUT2D eigenvalue weighted by molar-refractivity contribution is 5.73. The van der Waals surface area contributed by atoms with Gasteiger partial charge in [0.1, 0.15) is 5.69 Å². The Morgan fingerprint density at radius 1 is 1.69 bits per heavy atom. The molecule has 70 valence electrons. The predicted octanol–water partition coefficient (Wildman–Crippen LogP) is 1.57. The van der Waals surface area contributed by atoms with Crippen LogP contribution < -0.4 is 5.73 Å². The number of rotatable bonds is 3. The van der Waals surface area contributed by atoms with Gasteiger partial charge < -0.3 is 5.73 Å². The van der Waals surface area contributed by atoms with Crippen LogP contribution in [0.4, 0.5) is 10.1 Å². The molecule has 0 spiro atoms. The van der Waals surface area contributed by atoms with E-state index in [2.05, 4.69) is 4.98 Å². The molecule has 1 aromatic heterocycles. The number of halogens is 1. The molecule has 13 heavy (non-hydrogen) atoms.